The molecule has 8 nitrogen and oxygen atoms in total. The highest BCUT2D eigenvalue weighted by Crippen LogP contribution is 2.40. The van der Waals surface area contributed by atoms with Gasteiger partial charge < -0.3 is 9.57 Å². The first kappa shape index (κ1) is 22.8. The number of halogens is 1. The minimum atomic E-state index is -1.33. The van der Waals surface area contributed by atoms with E-state index in [1.54, 1.807) is 24.3 Å². The van der Waals surface area contributed by atoms with E-state index in [0.717, 1.165) is 0 Å². The van der Waals surface area contributed by atoms with E-state index in [0.29, 0.717) is 16.9 Å². The molecule has 34 heavy (non-hydrogen) atoms. The number of nitrogens with zero attached hydrogens (tertiary/aromatic N) is 3. The highest BCUT2D eigenvalue weighted by molar-refractivity contribution is 6.48. The van der Waals surface area contributed by atoms with Crippen LogP contribution in [0.15, 0.2) is 72.0 Å². The molecule has 1 saturated heterocycles. The average Bonchev–Trinajstić information content (AvgIpc) is 3.13. The van der Waals surface area contributed by atoms with Crippen LogP contribution in [0, 0.1) is 11.7 Å². The number of Topliss-reactive ketones (excluding diaryl/α,β-unsaturated/α-hetero) is 2. The molecule has 0 N–H and O–H groups in total. The zero-order valence-corrected chi connectivity index (χ0v) is 18.3. The molecule has 2 heterocycles. The van der Waals surface area contributed by atoms with Crippen molar-refractivity contribution in [2.75, 3.05) is 19.1 Å². The number of anilines is 1. The molecule has 1 amide bonds. The van der Waals surface area contributed by atoms with Gasteiger partial charge in [-0.3, -0.25) is 19.3 Å². The summed E-state index contributed by atoms with van der Waals surface area (Å²) >= 11 is 0. The number of methoxy groups -OCH3 is 1. The van der Waals surface area contributed by atoms with Crippen molar-refractivity contribution >= 4 is 29.5 Å². The first-order chi connectivity index (χ1) is 16.4. The predicted octanol–water partition coefficient (Wildman–Crippen LogP) is 3.37. The molecular formula is C25H20FN3O5. The number of amides is 1. The summed E-state index contributed by atoms with van der Waals surface area (Å²) in [6.45, 7) is 0. The summed E-state index contributed by atoms with van der Waals surface area (Å²) in [7, 11) is 2.90. The Morgan fingerprint density at radius 3 is 2.32 bits per heavy atom. The van der Waals surface area contributed by atoms with E-state index in [1.165, 1.54) is 67.9 Å². The van der Waals surface area contributed by atoms with Crippen molar-refractivity contribution in [1.82, 2.24) is 4.98 Å². The minimum Gasteiger partial charge on any atom is -0.497 e. The van der Waals surface area contributed by atoms with Gasteiger partial charge in [0, 0.05) is 17.3 Å². The van der Waals surface area contributed by atoms with Crippen LogP contribution in [0.3, 0.4) is 0 Å². The monoisotopic (exact) mass is 461 g/mol. The summed E-state index contributed by atoms with van der Waals surface area (Å²) < 4.78 is 18.7. The molecule has 2 unspecified atom stereocenters. The van der Waals surface area contributed by atoms with Crippen LogP contribution in [-0.2, 0) is 14.4 Å². The molecule has 2 atom stereocenters. The molecule has 1 aromatic heterocycles. The smallest absolute Gasteiger partial charge is 0.297 e. The summed E-state index contributed by atoms with van der Waals surface area (Å²) in [4.78, 5) is 49.8. The van der Waals surface area contributed by atoms with Crippen LogP contribution in [-0.4, -0.2) is 42.9 Å². The normalized spacial score (nSPS) is 17.9. The van der Waals surface area contributed by atoms with E-state index < -0.39 is 35.3 Å². The first-order valence-electron chi connectivity index (χ1n) is 10.3. The van der Waals surface area contributed by atoms with Crippen molar-refractivity contribution in [3.63, 3.8) is 0 Å². The van der Waals surface area contributed by atoms with E-state index in [1.807, 2.05) is 0 Å². The second-order valence-corrected chi connectivity index (χ2v) is 7.47. The molecule has 9 heteroatoms. The lowest BCUT2D eigenvalue weighted by molar-refractivity contribution is -0.135. The molecule has 0 radical (unpaired) electrons. The second-order valence-electron chi connectivity index (χ2n) is 7.47. The number of carbonyl (C=O) groups is 3. The van der Waals surface area contributed by atoms with Gasteiger partial charge in [0.2, 0.25) is 5.78 Å². The van der Waals surface area contributed by atoms with Crippen LogP contribution in [0.4, 0.5) is 10.2 Å². The van der Waals surface area contributed by atoms with Gasteiger partial charge in [-0.25, -0.2) is 9.37 Å². The Morgan fingerprint density at radius 1 is 1.03 bits per heavy atom. The molecule has 0 spiro atoms. The van der Waals surface area contributed by atoms with Gasteiger partial charge in [-0.1, -0.05) is 17.3 Å². The van der Waals surface area contributed by atoms with Crippen LogP contribution >= 0.6 is 0 Å². The van der Waals surface area contributed by atoms with Crippen LogP contribution in [0.25, 0.3) is 0 Å². The third-order valence-electron chi connectivity index (χ3n) is 5.50. The van der Waals surface area contributed by atoms with E-state index in [4.69, 9.17) is 4.74 Å². The number of oxime groups is 1. The van der Waals surface area contributed by atoms with Crippen molar-refractivity contribution in [1.29, 1.82) is 0 Å². The molecule has 4 rings (SSSR count). The Labute approximate surface area is 194 Å². The summed E-state index contributed by atoms with van der Waals surface area (Å²) in [5.41, 5.74) is 1.28. The maximum Gasteiger partial charge on any atom is 0.297 e. The predicted molar refractivity (Wildman–Crippen MR) is 121 cm³/mol. The summed E-state index contributed by atoms with van der Waals surface area (Å²) in [5, 5.41) is 3.66. The lowest BCUT2D eigenvalue weighted by Gasteiger charge is -2.26. The molecule has 172 valence electrons. The maximum absolute atomic E-state index is 13.6. The number of benzene rings is 2. The summed E-state index contributed by atoms with van der Waals surface area (Å²) in [5.74, 6) is -3.35. The summed E-state index contributed by atoms with van der Waals surface area (Å²) in [6, 6.07) is 13.8. The topological polar surface area (TPSA) is 98.2 Å². The number of hydrogen-bond donors (Lipinski definition) is 0. The van der Waals surface area contributed by atoms with Gasteiger partial charge in [0.05, 0.1) is 19.4 Å². The second kappa shape index (κ2) is 9.62. The third kappa shape index (κ3) is 4.27. The van der Waals surface area contributed by atoms with E-state index in [9.17, 15) is 18.8 Å². The highest BCUT2D eigenvalue weighted by atomic mass is 19.1. The van der Waals surface area contributed by atoms with Crippen LogP contribution in [0.5, 0.6) is 5.75 Å². The zero-order valence-electron chi connectivity index (χ0n) is 18.3. The Balaban J connectivity index is 1.78. The van der Waals surface area contributed by atoms with Crippen LogP contribution < -0.4 is 9.64 Å². The molecular weight excluding hydrogens is 441 g/mol. The van der Waals surface area contributed by atoms with Gasteiger partial charge >= 0.3 is 0 Å². The fourth-order valence-electron chi connectivity index (χ4n) is 3.85. The van der Waals surface area contributed by atoms with Crippen molar-refractivity contribution in [2.45, 2.75) is 6.04 Å². The zero-order chi connectivity index (χ0) is 24.2. The van der Waals surface area contributed by atoms with Gasteiger partial charge in [-0.05, 0) is 54.1 Å². The van der Waals surface area contributed by atoms with Crippen molar-refractivity contribution in [2.24, 2.45) is 11.1 Å². The molecule has 2 aromatic carbocycles. The number of pyridine rings is 1. The number of aromatic nitrogens is 1. The summed E-state index contributed by atoms with van der Waals surface area (Å²) in [6.07, 6.45) is 2.89. The molecule has 1 fully saturated rings. The Hall–Kier alpha value is -4.40. The van der Waals surface area contributed by atoms with Crippen molar-refractivity contribution in [3.05, 3.63) is 89.4 Å². The van der Waals surface area contributed by atoms with Crippen LogP contribution in [0.2, 0.25) is 0 Å². The van der Waals surface area contributed by atoms with E-state index >= 15 is 0 Å². The van der Waals surface area contributed by atoms with Crippen LogP contribution in [0.1, 0.15) is 27.5 Å². The number of ketones is 2. The lowest BCUT2D eigenvalue weighted by atomic mass is 9.86. The SMILES string of the molecule is CON=Cc1ccc(N2C(=O)C(=O)C(C(=O)c3ccc(OC)cc3)C2c2ccc(F)cc2)nc1. The third-order valence-corrected chi connectivity index (χ3v) is 5.50. The molecule has 1 aliphatic heterocycles. The average molecular weight is 461 g/mol. The van der Waals surface area contributed by atoms with Crippen molar-refractivity contribution < 1.29 is 28.3 Å². The van der Waals surface area contributed by atoms with Gasteiger partial charge in [-0.15, -0.1) is 0 Å². The number of carbonyl (C=O) groups excluding carboxylic acids is 3. The standard InChI is InChI=1S/C25H20FN3O5/c1-33-19-10-6-17(7-11-19)23(30)21-22(16-4-8-18(26)9-5-16)29(25(32)24(21)31)20-12-3-15(13-27-20)14-28-34-2/h3-14,21-22H,1-2H3. The molecule has 0 aliphatic carbocycles. The molecule has 0 bridgehead atoms. The quantitative estimate of drug-likeness (QED) is 0.176. The maximum atomic E-state index is 13.6. The molecule has 1 aliphatic rings. The van der Waals surface area contributed by atoms with E-state index in [-0.39, 0.29) is 11.4 Å². The Morgan fingerprint density at radius 2 is 1.74 bits per heavy atom. The minimum absolute atomic E-state index is 0.173. The fourth-order valence-corrected chi connectivity index (χ4v) is 3.85. The lowest BCUT2D eigenvalue weighted by Crippen LogP contribution is -2.31. The fraction of sp³-hybridized carbons (Fsp3) is 0.160. The number of hydrogen-bond acceptors (Lipinski definition) is 7. The number of ether oxygens (including phenoxy) is 1. The van der Waals surface area contributed by atoms with Gasteiger partial charge in [-0.2, -0.15) is 0 Å². The first-order valence-corrected chi connectivity index (χ1v) is 10.3. The van der Waals surface area contributed by atoms with Gasteiger partial charge in [0.25, 0.3) is 5.91 Å². The van der Waals surface area contributed by atoms with E-state index in [2.05, 4.69) is 15.0 Å². The Kier molecular flexibility index (Phi) is 6.44. The molecule has 0 saturated carbocycles. The number of rotatable bonds is 7. The largest absolute Gasteiger partial charge is 0.497 e. The molecule has 3 aromatic rings. The van der Waals surface area contributed by atoms with Gasteiger partial charge in [0.1, 0.15) is 30.4 Å². The van der Waals surface area contributed by atoms with Crippen molar-refractivity contribution in [3.8, 4) is 5.75 Å². The Bertz CT molecular complexity index is 1240. The van der Waals surface area contributed by atoms with Gasteiger partial charge in [0.15, 0.2) is 5.78 Å². The highest BCUT2D eigenvalue weighted by Gasteiger charge is 2.52.